The highest BCUT2D eigenvalue weighted by Crippen LogP contribution is 2.20. The molecule has 0 aliphatic carbocycles. The highest BCUT2D eigenvalue weighted by molar-refractivity contribution is 7.89. The summed E-state index contributed by atoms with van der Waals surface area (Å²) in [4.78, 5) is 17.4. The van der Waals surface area contributed by atoms with Crippen molar-refractivity contribution < 1.29 is 17.9 Å². The molecule has 1 N–H and O–H groups in total. The van der Waals surface area contributed by atoms with Gasteiger partial charge in [0.25, 0.3) is 5.91 Å². The van der Waals surface area contributed by atoms with Crippen LogP contribution < -0.4 is 15.0 Å². The van der Waals surface area contributed by atoms with Gasteiger partial charge in [-0.1, -0.05) is 13.8 Å². The van der Waals surface area contributed by atoms with E-state index in [0.29, 0.717) is 25.2 Å². The molecule has 0 atom stereocenters. The molecule has 0 radical (unpaired) electrons. The third-order valence-corrected chi connectivity index (χ3v) is 8.05. The van der Waals surface area contributed by atoms with E-state index in [1.54, 1.807) is 19.2 Å². The Labute approximate surface area is 197 Å². The molecule has 1 saturated heterocycles. The lowest BCUT2D eigenvalue weighted by molar-refractivity contribution is 0.0947. The number of rotatable bonds is 10. The first-order valence-electron chi connectivity index (χ1n) is 11.4. The molecule has 1 aliphatic heterocycles. The third-order valence-electron chi connectivity index (χ3n) is 5.98. The van der Waals surface area contributed by atoms with Gasteiger partial charge in [0, 0.05) is 63.6 Å². The van der Waals surface area contributed by atoms with Crippen molar-refractivity contribution in [2.45, 2.75) is 18.7 Å². The Hall–Kier alpha value is -2.62. The Morgan fingerprint density at radius 3 is 2.12 bits per heavy atom. The molecule has 0 aromatic heterocycles. The number of nitrogens with zero attached hydrogens (tertiary/aromatic N) is 3. The van der Waals surface area contributed by atoms with E-state index in [0.717, 1.165) is 38.5 Å². The van der Waals surface area contributed by atoms with Crippen LogP contribution >= 0.6 is 0 Å². The number of hydrogen-bond acceptors (Lipinski definition) is 6. The number of amides is 1. The maximum Gasteiger partial charge on any atom is 0.251 e. The Bertz CT molecular complexity index is 998. The fourth-order valence-corrected chi connectivity index (χ4v) is 5.40. The molecule has 2 aromatic carbocycles. The van der Waals surface area contributed by atoms with E-state index in [1.165, 1.54) is 22.1 Å². The second kappa shape index (κ2) is 11.5. The lowest BCUT2D eigenvalue weighted by Gasteiger charge is -2.36. The number of piperazine rings is 1. The molecule has 1 aliphatic rings. The van der Waals surface area contributed by atoms with E-state index in [1.807, 2.05) is 26.0 Å². The summed E-state index contributed by atoms with van der Waals surface area (Å²) < 4.78 is 31.8. The topological polar surface area (TPSA) is 82.2 Å². The average molecular weight is 475 g/mol. The molecule has 0 spiro atoms. The van der Waals surface area contributed by atoms with Crippen LogP contribution in [0.1, 0.15) is 24.2 Å². The number of ether oxygens (including phenoxy) is 1. The number of nitrogens with one attached hydrogen (secondary N) is 1. The number of carbonyl (C=O) groups is 1. The molecule has 180 valence electrons. The standard InChI is InChI=1S/C24H34N4O4S/c1-4-28(5-2)33(30,31)23-12-6-20(7-13-23)24(29)25-14-15-26-16-18-27(19-17-26)21-8-10-22(32-3)11-9-21/h6-13H,4-5,14-19H2,1-3H3,(H,25,29). The summed E-state index contributed by atoms with van der Waals surface area (Å²) in [6, 6.07) is 14.2. The minimum absolute atomic E-state index is 0.196. The molecule has 1 heterocycles. The maximum absolute atomic E-state index is 12.6. The summed E-state index contributed by atoms with van der Waals surface area (Å²) in [5.41, 5.74) is 1.65. The molecule has 0 unspecified atom stereocenters. The number of carbonyl (C=O) groups excluding carboxylic acids is 1. The maximum atomic E-state index is 12.6. The first-order chi connectivity index (χ1) is 15.9. The molecule has 0 bridgehead atoms. The highest BCUT2D eigenvalue weighted by atomic mass is 32.2. The van der Waals surface area contributed by atoms with Crippen LogP contribution in [0.4, 0.5) is 5.69 Å². The Morgan fingerprint density at radius 2 is 1.58 bits per heavy atom. The molecule has 8 nitrogen and oxygen atoms in total. The first-order valence-corrected chi connectivity index (χ1v) is 12.8. The van der Waals surface area contributed by atoms with Gasteiger partial charge in [0.15, 0.2) is 0 Å². The van der Waals surface area contributed by atoms with Gasteiger partial charge in [-0.3, -0.25) is 9.69 Å². The molecule has 0 saturated carbocycles. The molecular weight excluding hydrogens is 440 g/mol. The molecule has 9 heteroatoms. The number of sulfonamides is 1. The van der Waals surface area contributed by atoms with Crippen molar-refractivity contribution in [2.24, 2.45) is 0 Å². The highest BCUT2D eigenvalue weighted by Gasteiger charge is 2.22. The molecule has 1 amide bonds. The van der Waals surface area contributed by atoms with Crippen molar-refractivity contribution in [3.05, 3.63) is 54.1 Å². The van der Waals surface area contributed by atoms with Crippen molar-refractivity contribution in [2.75, 3.05) is 64.4 Å². The van der Waals surface area contributed by atoms with Crippen molar-refractivity contribution >= 4 is 21.6 Å². The second-order valence-electron chi connectivity index (χ2n) is 7.90. The molecular formula is C24H34N4O4S. The van der Waals surface area contributed by atoms with E-state index < -0.39 is 10.0 Å². The summed E-state index contributed by atoms with van der Waals surface area (Å²) in [7, 11) is -1.85. The zero-order valence-electron chi connectivity index (χ0n) is 19.7. The van der Waals surface area contributed by atoms with Crippen molar-refractivity contribution in [1.82, 2.24) is 14.5 Å². The number of methoxy groups -OCH3 is 1. The van der Waals surface area contributed by atoms with E-state index in [9.17, 15) is 13.2 Å². The van der Waals surface area contributed by atoms with E-state index in [2.05, 4.69) is 27.2 Å². The number of anilines is 1. The summed E-state index contributed by atoms with van der Waals surface area (Å²) in [5, 5.41) is 2.94. The number of hydrogen-bond donors (Lipinski definition) is 1. The Kier molecular flexibility index (Phi) is 8.71. The normalized spacial score (nSPS) is 15.0. The Morgan fingerprint density at radius 1 is 0.970 bits per heavy atom. The van der Waals surface area contributed by atoms with Crippen molar-refractivity contribution in [1.29, 1.82) is 0 Å². The summed E-state index contributed by atoms with van der Waals surface area (Å²) in [6.07, 6.45) is 0. The quantitative estimate of drug-likeness (QED) is 0.569. The third kappa shape index (κ3) is 6.25. The molecule has 1 fully saturated rings. The molecule has 33 heavy (non-hydrogen) atoms. The zero-order chi connectivity index (χ0) is 23.8. The van der Waals surface area contributed by atoms with Gasteiger partial charge < -0.3 is 15.0 Å². The van der Waals surface area contributed by atoms with Crippen LogP contribution in [0.25, 0.3) is 0 Å². The smallest absolute Gasteiger partial charge is 0.251 e. The zero-order valence-corrected chi connectivity index (χ0v) is 20.5. The largest absolute Gasteiger partial charge is 0.497 e. The van der Waals surface area contributed by atoms with E-state index in [-0.39, 0.29) is 10.8 Å². The monoisotopic (exact) mass is 474 g/mol. The lowest BCUT2D eigenvalue weighted by atomic mass is 10.2. The lowest BCUT2D eigenvalue weighted by Crippen LogP contribution is -2.48. The van der Waals surface area contributed by atoms with Gasteiger partial charge in [0.2, 0.25) is 10.0 Å². The van der Waals surface area contributed by atoms with Crippen LogP contribution in [0.2, 0.25) is 0 Å². The average Bonchev–Trinajstić information content (AvgIpc) is 2.85. The van der Waals surface area contributed by atoms with Gasteiger partial charge >= 0.3 is 0 Å². The van der Waals surface area contributed by atoms with Gasteiger partial charge in [-0.25, -0.2) is 8.42 Å². The summed E-state index contributed by atoms with van der Waals surface area (Å²) in [5.74, 6) is 0.659. The van der Waals surface area contributed by atoms with Gasteiger partial charge in [0.1, 0.15) is 5.75 Å². The van der Waals surface area contributed by atoms with Gasteiger partial charge in [-0.15, -0.1) is 0 Å². The molecule has 2 aromatic rings. The predicted molar refractivity (Wildman–Crippen MR) is 131 cm³/mol. The second-order valence-corrected chi connectivity index (χ2v) is 9.83. The van der Waals surface area contributed by atoms with Crippen LogP contribution in [-0.4, -0.2) is 83.0 Å². The fourth-order valence-electron chi connectivity index (χ4n) is 3.94. The van der Waals surface area contributed by atoms with Crippen molar-refractivity contribution in [3.8, 4) is 5.75 Å². The van der Waals surface area contributed by atoms with Crippen molar-refractivity contribution in [3.63, 3.8) is 0 Å². The van der Waals surface area contributed by atoms with Crippen LogP contribution in [0.15, 0.2) is 53.4 Å². The number of benzene rings is 2. The van der Waals surface area contributed by atoms with E-state index in [4.69, 9.17) is 4.74 Å². The summed E-state index contributed by atoms with van der Waals surface area (Å²) in [6.45, 7) is 9.48. The van der Waals surface area contributed by atoms with Crippen LogP contribution in [0.3, 0.4) is 0 Å². The summed E-state index contributed by atoms with van der Waals surface area (Å²) >= 11 is 0. The SMILES string of the molecule is CCN(CC)S(=O)(=O)c1ccc(C(=O)NCCN2CCN(c3ccc(OC)cc3)CC2)cc1. The predicted octanol–water partition coefficient (Wildman–Crippen LogP) is 2.28. The minimum Gasteiger partial charge on any atom is -0.497 e. The molecule has 3 rings (SSSR count). The van der Waals surface area contributed by atoms with Crippen LogP contribution in [0, 0.1) is 0 Å². The van der Waals surface area contributed by atoms with Gasteiger partial charge in [0.05, 0.1) is 12.0 Å². The fraction of sp³-hybridized carbons (Fsp3) is 0.458. The van der Waals surface area contributed by atoms with Gasteiger partial charge in [-0.2, -0.15) is 4.31 Å². The van der Waals surface area contributed by atoms with E-state index >= 15 is 0 Å². The first kappa shape index (κ1) is 25.0. The van der Waals surface area contributed by atoms with Crippen LogP contribution in [-0.2, 0) is 10.0 Å². The van der Waals surface area contributed by atoms with Gasteiger partial charge in [-0.05, 0) is 48.5 Å². The van der Waals surface area contributed by atoms with Crippen LogP contribution in [0.5, 0.6) is 5.75 Å². The Balaban J connectivity index is 1.44. The minimum atomic E-state index is -3.52.